The molecule has 2 amide bonds. The standard InChI is InChI=1S/C10H17N3O2S/c11-7(14)3-1-6-13-9(15)10(8(12)16)4-2-5-10/h1-6H2,(H2,11,14)(H2,12,16)(H,13,15). The molecular weight excluding hydrogens is 226 g/mol. The molecule has 0 unspecified atom stereocenters. The van der Waals surface area contributed by atoms with Crippen LogP contribution in [0.25, 0.3) is 0 Å². The van der Waals surface area contributed by atoms with Gasteiger partial charge in [-0.1, -0.05) is 18.6 Å². The second kappa shape index (κ2) is 5.25. The Morgan fingerprint density at radius 1 is 1.31 bits per heavy atom. The van der Waals surface area contributed by atoms with Crippen LogP contribution in [0.2, 0.25) is 0 Å². The Kier molecular flexibility index (Phi) is 4.23. The number of rotatable bonds is 6. The van der Waals surface area contributed by atoms with Crippen molar-refractivity contribution in [2.24, 2.45) is 16.9 Å². The van der Waals surface area contributed by atoms with Crippen molar-refractivity contribution in [1.82, 2.24) is 5.32 Å². The van der Waals surface area contributed by atoms with Crippen LogP contribution < -0.4 is 16.8 Å². The molecule has 1 aliphatic carbocycles. The van der Waals surface area contributed by atoms with Crippen LogP contribution in [-0.2, 0) is 9.59 Å². The van der Waals surface area contributed by atoms with Crippen LogP contribution in [0, 0.1) is 5.41 Å². The number of nitrogens with two attached hydrogens (primary N) is 2. The summed E-state index contributed by atoms with van der Waals surface area (Å²) in [5, 5.41) is 2.75. The van der Waals surface area contributed by atoms with E-state index in [0.29, 0.717) is 13.0 Å². The van der Waals surface area contributed by atoms with Crippen LogP contribution in [0.5, 0.6) is 0 Å². The second-order valence-corrected chi connectivity index (χ2v) is 4.57. The summed E-state index contributed by atoms with van der Waals surface area (Å²) in [6.45, 7) is 0.437. The lowest BCUT2D eigenvalue weighted by Crippen LogP contribution is -2.53. The SMILES string of the molecule is NC(=O)CCCNC(=O)C1(C(N)=S)CCC1. The number of primary amides is 1. The summed E-state index contributed by atoms with van der Waals surface area (Å²) < 4.78 is 0. The maximum atomic E-state index is 11.8. The third kappa shape index (κ3) is 2.69. The highest BCUT2D eigenvalue weighted by molar-refractivity contribution is 7.80. The van der Waals surface area contributed by atoms with Gasteiger partial charge in [-0.15, -0.1) is 0 Å². The summed E-state index contributed by atoms with van der Waals surface area (Å²) in [5.74, 6) is -0.474. The molecule has 0 spiro atoms. The van der Waals surface area contributed by atoms with Crippen molar-refractivity contribution in [3.8, 4) is 0 Å². The van der Waals surface area contributed by atoms with E-state index >= 15 is 0 Å². The topological polar surface area (TPSA) is 98.2 Å². The number of carbonyl (C=O) groups excluding carboxylic acids is 2. The van der Waals surface area contributed by atoms with Gasteiger partial charge in [0.2, 0.25) is 11.8 Å². The molecule has 5 nitrogen and oxygen atoms in total. The van der Waals surface area contributed by atoms with Crippen molar-refractivity contribution >= 4 is 29.0 Å². The highest BCUT2D eigenvalue weighted by atomic mass is 32.1. The third-order valence-corrected chi connectivity index (χ3v) is 3.39. The van der Waals surface area contributed by atoms with E-state index in [4.69, 9.17) is 23.7 Å². The lowest BCUT2D eigenvalue weighted by atomic mass is 9.68. The lowest BCUT2D eigenvalue weighted by Gasteiger charge is -2.39. The van der Waals surface area contributed by atoms with E-state index in [2.05, 4.69) is 5.32 Å². The Morgan fingerprint density at radius 3 is 2.31 bits per heavy atom. The number of nitrogens with one attached hydrogen (secondary N) is 1. The quantitative estimate of drug-likeness (QED) is 0.445. The average molecular weight is 243 g/mol. The highest BCUT2D eigenvalue weighted by Gasteiger charge is 2.46. The Labute approximate surface area is 99.9 Å². The molecule has 1 aliphatic rings. The predicted molar refractivity (Wildman–Crippen MR) is 64.5 cm³/mol. The first-order valence-corrected chi connectivity index (χ1v) is 5.76. The fraction of sp³-hybridized carbons (Fsp3) is 0.700. The number of amides is 2. The van der Waals surface area contributed by atoms with Gasteiger partial charge in [0.15, 0.2) is 0 Å². The van der Waals surface area contributed by atoms with Crippen molar-refractivity contribution in [1.29, 1.82) is 0 Å². The minimum absolute atomic E-state index is 0.115. The van der Waals surface area contributed by atoms with Gasteiger partial charge >= 0.3 is 0 Å². The first kappa shape index (κ1) is 12.9. The minimum atomic E-state index is -0.637. The van der Waals surface area contributed by atoms with E-state index in [0.717, 1.165) is 19.3 Å². The van der Waals surface area contributed by atoms with E-state index in [1.807, 2.05) is 0 Å². The minimum Gasteiger partial charge on any atom is -0.392 e. The smallest absolute Gasteiger partial charge is 0.233 e. The van der Waals surface area contributed by atoms with E-state index < -0.39 is 5.41 Å². The molecule has 0 heterocycles. The Hall–Kier alpha value is -1.17. The molecule has 6 heteroatoms. The first-order valence-electron chi connectivity index (χ1n) is 5.35. The van der Waals surface area contributed by atoms with Gasteiger partial charge < -0.3 is 16.8 Å². The van der Waals surface area contributed by atoms with Gasteiger partial charge in [0.1, 0.15) is 0 Å². The van der Waals surface area contributed by atoms with E-state index in [1.165, 1.54) is 0 Å². The van der Waals surface area contributed by atoms with Gasteiger partial charge in [-0.05, 0) is 19.3 Å². The Morgan fingerprint density at radius 2 is 1.94 bits per heavy atom. The van der Waals surface area contributed by atoms with Gasteiger partial charge in [0, 0.05) is 13.0 Å². The van der Waals surface area contributed by atoms with E-state index in [-0.39, 0.29) is 23.2 Å². The second-order valence-electron chi connectivity index (χ2n) is 4.13. The van der Waals surface area contributed by atoms with Crippen LogP contribution in [0.3, 0.4) is 0 Å². The van der Waals surface area contributed by atoms with Gasteiger partial charge in [0.25, 0.3) is 0 Å². The summed E-state index contributed by atoms with van der Waals surface area (Å²) >= 11 is 4.92. The lowest BCUT2D eigenvalue weighted by molar-refractivity contribution is -0.131. The molecule has 90 valence electrons. The maximum Gasteiger partial charge on any atom is 0.233 e. The van der Waals surface area contributed by atoms with E-state index in [9.17, 15) is 9.59 Å². The molecule has 0 aliphatic heterocycles. The molecule has 0 atom stereocenters. The van der Waals surface area contributed by atoms with Gasteiger partial charge in [-0.3, -0.25) is 9.59 Å². The summed E-state index contributed by atoms with van der Waals surface area (Å²) in [5.41, 5.74) is 9.93. The third-order valence-electron chi connectivity index (χ3n) is 3.00. The van der Waals surface area contributed by atoms with Crippen LogP contribution in [0.4, 0.5) is 0 Å². The molecule has 1 rings (SSSR count). The van der Waals surface area contributed by atoms with Crippen molar-refractivity contribution in [2.75, 3.05) is 6.54 Å². The van der Waals surface area contributed by atoms with E-state index in [1.54, 1.807) is 0 Å². The Balaban J connectivity index is 2.34. The summed E-state index contributed by atoms with van der Waals surface area (Å²) in [4.78, 5) is 22.6. The van der Waals surface area contributed by atoms with Gasteiger partial charge in [-0.25, -0.2) is 0 Å². The fourth-order valence-corrected chi connectivity index (χ4v) is 2.05. The van der Waals surface area contributed by atoms with Crippen molar-refractivity contribution < 1.29 is 9.59 Å². The molecule has 5 N–H and O–H groups in total. The normalized spacial score (nSPS) is 17.2. The Bertz CT molecular complexity index is 313. The molecule has 16 heavy (non-hydrogen) atoms. The zero-order valence-electron chi connectivity index (χ0n) is 9.12. The molecule has 0 aromatic carbocycles. The number of hydrogen-bond acceptors (Lipinski definition) is 3. The molecule has 1 fully saturated rings. The van der Waals surface area contributed by atoms with Gasteiger partial charge in [-0.2, -0.15) is 0 Å². The predicted octanol–water partition coefficient (Wildman–Crippen LogP) is -0.176. The molecule has 0 saturated heterocycles. The van der Waals surface area contributed by atoms with Crippen LogP contribution in [-0.4, -0.2) is 23.3 Å². The molecular formula is C10H17N3O2S. The summed E-state index contributed by atoms with van der Waals surface area (Å²) in [7, 11) is 0. The molecule has 0 bridgehead atoms. The zero-order valence-corrected chi connectivity index (χ0v) is 9.94. The highest BCUT2D eigenvalue weighted by Crippen LogP contribution is 2.41. The number of carbonyl (C=O) groups is 2. The fourth-order valence-electron chi connectivity index (χ4n) is 1.75. The summed E-state index contributed by atoms with van der Waals surface area (Å²) in [6, 6.07) is 0. The molecule has 0 aromatic rings. The molecule has 1 saturated carbocycles. The average Bonchev–Trinajstić information content (AvgIpc) is 2.09. The summed E-state index contributed by atoms with van der Waals surface area (Å²) in [6.07, 6.45) is 3.26. The maximum absolute atomic E-state index is 11.8. The van der Waals surface area contributed by atoms with Gasteiger partial charge in [0.05, 0.1) is 10.4 Å². The first-order chi connectivity index (χ1) is 7.49. The van der Waals surface area contributed by atoms with Crippen LogP contribution in [0.15, 0.2) is 0 Å². The van der Waals surface area contributed by atoms with Crippen LogP contribution in [0.1, 0.15) is 32.1 Å². The van der Waals surface area contributed by atoms with Crippen molar-refractivity contribution in [3.63, 3.8) is 0 Å². The van der Waals surface area contributed by atoms with Crippen LogP contribution >= 0.6 is 12.2 Å². The van der Waals surface area contributed by atoms with Crippen molar-refractivity contribution in [3.05, 3.63) is 0 Å². The molecule has 0 aromatic heterocycles. The monoisotopic (exact) mass is 243 g/mol. The van der Waals surface area contributed by atoms with Crippen molar-refractivity contribution in [2.45, 2.75) is 32.1 Å². The molecule has 0 radical (unpaired) electrons. The number of thiocarbonyl (C=S) groups is 1. The largest absolute Gasteiger partial charge is 0.392 e. The zero-order chi connectivity index (χ0) is 12.2. The number of hydrogen-bond donors (Lipinski definition) is 3.